The third-order valence-corrected chi connectivity index (χ3v) is 3.66. The predicted octanol–water partition coefficient (Wildman–Crippen LogP) is 5.05. The van der Waals surface area contributed by atoms with Gasteiger partial charge in [-0.3, -0.25) is 0 Å². The van der Waals surface area contributed by atoms with Gasteiger partial charge in [0.1, 0.15) is 11.0 Å². The molecule has 0 saturated carbocycles. The van der Waals surface area contributed by atoms with Crippen molar-refractivity contribution in [2.45, 2.75) is 6.92 Å². The number of rotatable bonds is 1. The van der Waals surface area contributed by atoms with Crippen LogP contribution in [0.4, 0.5) is 4.39 Å². The van der Waals surface area contributed by atoms with Crippen molar-refractivity contribution in [3.63, 3.8) is 0 Å². The van der Waals surface area contributed by atoms with Gasteiger partial charge in [-0.2, -0.15) is 0 Å². The molecule has 3 rings (SSSR count). The molecule has 0 bridgehead atoms. The number of aryl methyl sites for hydroxylation is 1. The second kappa shape index (κ2) is 5.00. The summed E-state index contributed by atoms with van der Waals surface area (Å²) in [4.78, 5) is 8.60. The van der Waals surface area contributed by atoms with Crippen LogP contribution in [0.15, 0.2) is 36.4 Å². The lowest BCUT2D eigenvalue weighted by Gasteiger charge is -2.07. The number of halogens is 3. The fourth-order valence-corrected chi connectivity index (χ4v) is 2.44. The highest BCUT2D eigenvalue weighted by Gasteiger charge is 2.12. The third-order valence-electron chi connectivity index (χ3n) is 3.04. The Balaban J connectivity index is 2.30. The lowest BCUT2D eigenvalue weighted by atomic mass is 10.1. The van der Waals surface area contributed by atoms with Crippen LogP contribution in [0.2, 0.25) is 10.2 Å². The van der Waals surface area contributed by atoms with Gasteiger partial charge in [0.2, 0.25) is 0 Å². The molecule has 0 unspecified atom stereocenters. The molecule has 100 valence electrons. The topological polar surface area (TPSA) is 25.8 Å². The molecule has 0 N–H and O–H groups in total. The molecule has 0 aliphatic rings. The lowest BCUT2D eigenvalue weighted by molar-refractivity contribution is 0.620. The highest BCUT2D eigenvalue weighted by Crippen LogP contribution is 2.30. The van der Waals surface area contributed by atoms with Crippen LogP contribution in [0.25, 0.3) is 22.3 Å². The maximum atomic E-state index is 13.7. The van der Waals surface area contributed by atoms with E-state index < -0.39 is 0 Å². The fraction of sp³-hybridized carbons (Fsp3) is 0.0667. The van der Waals surface area contributed by atoms with E-state index in [1.165, 1.54) is 6.07 Å². The van der Waals surface area contributed by atoms with E-state index >= 15 is 0 Å². The Hall–Kier alpha value is -1.71. The fourth-order valence-electron chi connectivity index (χ4n) is 1.98. The Morgan fingerprint density at radius 1 is 1.05 bits per heavy atom. The van der Waals surface area contributed by atoms with Gasteiger partial charge in [0, 0.05) is 17.0 Å². The Morgan fingerprint density at radius 2 is 1.80 bits per heavy atom. The molecule has 0 amide bonds. The van der Waals surface area contributed by atoms with E-state index in [4.69, 9.17) is 23.2 Å². The van der Waals surface area contributed by atoms with Gasteiger partial charge in [-0.25, -0.2) is 14.4 Å². The number of fused-ring (bicyclic) bond motifs is 1. The summed E-state index contributed by atoms with van der Waals surface area (Å²) >= 11 is 12.3. The first-order valence-corrected chi connectivity index (χ1v) is 6.70. The van der Waals surface area contributed by atoms with Gasteiger partial charge in [0.15, 0.2) is 5.82 Å². The molecule has 5 heteroatoms. The molecule has 0 saturated heterocycles. The molecule has 2 aromatic carbocycles. The van der Waals surface area contributed by atoms with E-state index in [-0.39, 0.29) is 11.0 Å². The van der Waals surface area contributed by atoms with E-state index in [0.717, 1.165) is 0 Å². The Morgan fingerprint density at radius 3 is 2.55 bits per heavy atom. The number of hydrogen-bond acceptors (Lipinski definition) is 2. The van der Waals surface area contributed by atoms with Crippen LogP contribution < -0.4 is 0 Å². The summed E-state index contributed by atoms with van der Waals surface area (Å²) in [7, 11) is 0. The van der Waals surface area contributed by atoms with Gasteiger partial charge in [-0.1, -0.05) is 35.3 Å². The van der Waals surface area contributed by atoms with Gasteiger partial charge < -0.3 is 0 Å². The van der Waals surface area contributed by atoms with Gasteiger partial charge in [0.05, 0.1) is 10.5 Å². The molecule has 1 aromatic heterocycles. The maximum absolute atomic E-state index is 13.7. The number of nitrogens with zero attached hydrogens (tertiary/aromatic N) is 2. The van der Waals surface area contributed by atoms with E-state index in [2.05, 4.69) is 9.97 Å². The smallest absolute Gasteiger partial charge is 0.162 e. The molecule has 0 fully saturated rings. The number of benzene rings is 2. The zero-order valence-electron chi connectivity index (χ0n) is 10.5. The highest BCUT2D eigenvalue weighted by molar-refractivity contribution is 6.35. The summed E-state index contributed by atoms with van der Waals surface area (Å²) in [6.07, 6.45) is 0. The lowest BCUT2D eigenvalue weighted by Crippen LogP contribution is -1.94. The van der Waals surface area contributed by atoms with Crippen LogP contribution in [-0.4, -0.2) is 9.97 Å². The SMILES string of the molecule is Cc1cc2c(Cl)nc(-c3ccccc3Cl)nc2cc1F. The van der Waals surface area contributed by atoms with Gasteiger partial charge in [-0.15, -0.1) is 0 Å². The van der Waals surface area contributed by atoms with Crippen molar-refractivity contribution in [3.05, 3.63) is 58.0 Å². The summed E-state index contributed by atoms with van der Waals surface area (Å²) in [5.41, 5.74) is 1.63. The first kappa shape index (κ1) is 13.3. The van der Waals surface area contributed by atoms with Crippen molar-refractivity contribution in [2.24, 2.45) is 0 Å². The second-order valence-corrected chi connectivity index (χ2v) is 5.20. The highest BCUT2D eigenvalue weighted by atomic mass is 35.5. The van der Waals surface area contributed by atoms with Crippen LogP contribution in [0, 0.1) is 12.7 Å². The molecule has 0 aliphatic carbocycles. The molecule has 1 heterocycles. The first-order valence-electron chi connectivity index (χ1n) is 5.94. The summed E-state index contributed by atoms with van der Waals surface area (Å²) in [6, 6.07) is 10.2. The molecule has 3 aromatic rings. The van der Waals surface area contributed by atoms with Crippen molar-refractivity contribution in [1.82, 2.24) is 9.97 Å². The van der Waals surface area contributed by atoms with Crippen LogP contribution >= 0.6 is 23.2 Å². The van der Waals surface area contributed by atoms with Crippen LogP contribution in [0.3, 0.4) is 0 Å². The zero-order chi connectivity index (χ0) is 14.3. The quantitative estimate of drug-likeness (QED) is 0.588. The maximum Gasteiger partial charge on any atom is 0.162 e. The molecule has 0 aliphatic heterocycles. The Labute approximate surface area is 125 Å². The molecule has 20 heavy (non-hydrogen) atoms. The summed E-state index contributed by atoms with van der Waals surface area (Å²) < 4.78 is 13.7. The summed E-state index contributed by atoms with van der Waals surface area (Å²) in [5.74, 6) is 0.0636. The van der Waals surface area contributed by atoms with Crippen molar-refractivity contribution in [2.75, 3.05) is 0 Å². The molecule has 2 nitrogen and oxygen atoms in total. The van der Waals surface area contributed by atoms with Crippen molar-refractivity contribution in [1.29, 1.82) is 0 Å². The largest absolute Gasteiger partial charge is 0.228 e. The van der Waals surface area contributed by atoms with E-state index in [1.54, 1.807) is 25.1 Å². The molecular formula is C15H9Cl2FN2. The van der Waals surface area contributed by atoms with Gasteiger partial charge in [-0.05, 0) is 30.7 Å². The predicted molar refractivity (Wildman–Crippen MR) is 79.7 cm³/mol. The summed E-state index contributed by atoms with van der Waals surface area (Å²) in [6.45, 7) is 1.67. The van der Waals surface area contributed by atoms with E-state index in [9.17, 15) is 4.39 Å². The van der Waals surface area contributed by atoms with E-state index in [0.29, 0.717) is 32.9 Å². The number of hydrogen-bond donors (Lipinski definition) is 0. The van der Waals surface area contributed by atoms with Crippen molar-refractivity contribution < 1.29 is 4.39 Å². The van der Waals surface area contributed by atoms with Crippen LogP contribution in [-0.2, 0) is 0 Å². The molecule has 0 atom stereocenters. The average Bonchev–Trinajstić information content (AvgIpc) is 2.41. The minimum absolute atomic E-state index is 0.285. The third kappa shape index (κ3) is 2.23. The Bertz CT molecular complexity index is 818. The minimum Gasteiger partial charge on any atom is -0.228 e. The monoisotopic (exact) mass is 306 g/mol. The minimum atomic E-state index is -0.322. The molecular weight excluding hydrogens is 298 g/mol. The van der Waals surface area contributed by atoms with E-state index in [1.807, 2.05) is 12.1 Å². The average molecular weight is 307 g/mol. The Kier molecular flexibility index (Phi) is 3.32. The van der Waals surface area contributed by atoms with Gasteiger partial charge >= 0.3 is 0 Å². The first-order chi connectivity index (χ1) is 9.56. The standard InChI is InChI=1S/C15H9Cl2FN2/c1-8-6-10-13(7-12(8)18)19-15(20-14(10)17)9-4-2-3-5-11(9)16/h2-7H,1H3. The van der Waals surface area contributed by atoms with Crippen molar-refractivity contribution in [3.8, 4) is 11.4 Å². The second-order valence-electron chi connectivity index (χ2n) is 4.44. The van der Waals surface area contributed by atoms with Gasteiger partial charge in [0.25, 0.3) is 0 Å². The van der Waals surface area contributed by atoms with Crippen LogP contribution in [0.5, 0.6) is 0 Å². The van der Waals surface area contributed by atoms with Crippen LogP contribution in [0.1, 0.15) is 5.56 Å². The number of aromatic nitrogens is 2. The molecule has 0 spiro atoms. The summed E-state index contributed by atoms with van der Waals surface area (Å²) in [5, 5.41) is 1.44. The normalized spacial score (nSPS) is 11.0. The molecule has 0 radical (unpaired) electrons. The zero-order valence-corrected chi connectivity index (χ0v) is 12.0. The van der Waals surface area contributed by atoms with Crippen molar-refractivity contribution >= 4 is 34.1 Å².